The summed E-state index contributed by atoms with van der Waals surface area (Å²) in [4.78, 5) is 10.0. The van der Waals surface area contributed by atoms with Crippen LogP contribution in [0.15, 0.2) is 0 Å². The van der Waals surface area contributed by atoms with Crippen molar-refractivity contribution in [2.75, 3.05) is 40.0 Å². The van der Waals surface area contributed by atoms with Crippen molar-refractivity contribution in [1.29, 1.82) is 0 Å². The van der Waals surface area contributed by atoms with Gasteiger partial charge in [0.2, 0.25) is 0 Å². The number of quaternary nitrogens is 2. The summed E-state index contributed by atoms with van der Waals surface area (Å²) in [7, 11) is 1.45. The predicted molar refractivity (Wildman–Crippen MR) is 116 cm³/mol. The van der Waals surface area contributed by atoms with E-state index < -0.39 is 9.84 Å². The molecule has 4 aliphatic rings. The smallest absolute Gasteiger partial charge is 0.183 e. The van der Waals surface area contributed by atoms with Crippen LogP contribution in [0.4, 0.5) is 0 Å². The highest BCUT2D eigenvalue weighted by Crippen LogP contribution is 2.28. The number of piperidine rings is 1. The summed E-state index contributed by atoms with van der Waals surface area (Å²) in [6.07, 6.45) is 11.1. The predicted octanol–water partition coefficient (Wildman–Crippen LogP) is -1.73. The van der Waals surface area contributed by atoms with Gasteiger partial charge in [-0.2, -0.15) is 5.48 Å². The van der Waals surface area contributed by atoms with Crippen LogP contribution in [0.1, 0.15) is 51.4 Å². The van der Waals surface area contributed by atoms with Crippen LogP contribution in [0.2, 0.25) is 0 Å². The molecule has 1 aliphatic carbocycles. The standard InChI is InChI=1S/C21H41N5O3S/c1-25(2)19-11-8-16(13-22-19)20-23-21(29-24-20)18-5-4-12-26(18)14-15-6-9-17(10-7-15)30(3,27)28/h15-24H,4-14H2,1-3H3/p+2. The highest BCUT2D eigenvalue weighted by Gasteiger charge is 2.44. The quantitative estimate of drug-likeness (QED) is 0.389. The van der Waals surface area contributed by atoms with Crippen LogP contribution in [0, 0.1) is 11.8 Å². The fraction of sp³-hybridized carbons (Fsp3) is 1.00. The van der Waals surface area contributed by atoms with Crippen molar-refractivity contribution in [3.8, 4) is 0 Å². The molecule has 5 N–H and O–H groups in total. The number of rotatable bonds is 6. The number of hydrogen-bond donors (Lipinski definition) is 4. The molecule has 0 aromatic rings. The molecule has 0 bridgehead atoms. The number of hydrogen-bond acceptors (Lipinski definition) is 6. The number of hydroxylamine groups is 1. The highest BCUT2D eigenvalue weighted by atomic mass is 32.2. The van der Waals surface area contributed by atoms with Crippen LogP contribution >= 0.6 is 0 Å². The van der Waals surface area contributed by atoms with Crippen molar-refractivity contribution in [2.45, 2.75) is 81.2 Å². The lowest BCUT2D eigenvalue weighted by molar-refractivity contribution is -0.919. The van der Waals surface area contributed by atoms with E-state index in [2.05, 4.69) is 35.1 Å². The van der Waals surface area contributed by atoms with Crippen molar-refractivity contribution >= 4 is 9.84 Å². The first kappa shape index (κ1) is 22.9. The largest absolute Gasteiger partial charge is 0.331 e. The molecule has 1 saturated carbocycles. The Bertz CT molecular complexity index is 660. The van der Waals surface area contributed by atoms with E-state index in [0.717, 1.165) is 38.8 Å². The molecule has 3 heterocycles. The molecule has 174 valence electrons. The Morgan fingerprint density at radius 2 is 1.87 bits per heavy atom. The molecule has 0 aromatic carbocycles. The van der Waals surface area contributed by atoms with Gasteiger partial charge in [0.05, 0.1) is 31.0 Å². The van der Waals surface area contributed by atoms with Gasteiger partial charge in [-0.3, -0.25) is 15.1 Å². The summed E-state index contributed by atoms with van der Waals surface area (Å²) in [5, 5.41) is 6.13. The highest BCUT2D eigenvalue weighted by molar-refractivity contribution is 7.91. The Morgan fingerprint density at radius 3 is 2.50 bits per heavy atom. The average Bonchev–Trinajstić information content (AvgIpc) is 3.37. The van der Waals surface area contributed by atoms with Crippen LogP contribution in [0.5, 0.6) is 0 Å². The van der Waals surface area contributed by atoms with Gasteiger partial charge >= 0.3 is 0 Å². The molecule has 6 unspecified atom stereocenters. The summed E-state index contributed by atoms with van der Waals surface area (Å²) >= 11 is 0. The van der Waals surface area contributed by atoms with Crippen molar-refractivity contribution in [3.05, 3.63) is 0 Å². The molecule has 4 rings (SSSR count). The Kier molecular flexibility index (Phi) is 7.39. The second-order valence-corrected chi connectivity index (χ2v) is 12.8. The number of nitrogens with one attached hydrogen (secondary N) is 3. The monoisotopic (exact) mass is 445 g/mol. The van der Waals surface area contributed by atoms with E-state index >= 15 is 0 Å². The summed E-state index contributed by atoms with van der Waals surface area (Å²) in [6, 6.07) is 0.497. The lowest BCUT2D eigenvalue weighted by atomic mass is 9.88. The average molecular weight is 446 g/mol. The maximum absolute atomic E-state index is 11.8. The van der Waals surface area contributed by atoms with Gasteiger partial charge in [0.15, 0.2) is 6.23 Å². The molecule has 8 nitrogen and oxygen atoms in total. The molecular formula is C21H43N5O3S+2. The number of nitrogens with two attached hydrogens (primary N) is 1. The molecule has 0 spiro atoms. The molecular weight excluding hydrogens is 402 g/mol. The molecule has 0 amide bonds. The van der Waals surface area contributed by atoms with Crippen molar-refractivity contribution in [1.82, 2.24) is 15.7 Å². The van der Waals surface area contributed by atoms with Crippen LogP contribution in [-0.4, -0.2) is 83.2 Å². The second-order valence-electron chi connectivity index (χ2n) is 10.5. The molecule has 30 heavy (non-hydrogen) atoms. The maximum atomic E-state index is 11.8. The Morgan fingerprint density at radius 1 is 1.10 bits per heavy atom. The third kappa shape index (κ3) is 5.36. The van der Waals surface area contributed by atoms with Gasteiger partial charge in [0, 0.05) is 37.4 Å². The molecule has 3 saturated heterocycles. The van der Waals surface area contributed by atoms with Gasteiger partial charge in [0.25, 0.3) is 0 Å². The minimum atomic E-state index is -2.88. The molecule has 9 heteroatoms. The van der Waals surface area contributed by atoms with Crippen molar-refractivity contribution < 1.29 is 23.5 Å². The fourth-order valence-electron chi connectivity index (χ4n) is 6.24. The lowest BCUT2D eigenvalue weighted by Gasteiger charge is -2.33. The van der Waals surface area contributed by atoms with Crippen LogP contribution in [0.3, 0.4) is 0 Å². The third-order valence-corrected chi connectivity index (χ3v) is 9.88. The molecule has 3 aliphatic heterocycles. The summed E-state index contributed by atoms with van der Waals surface area (Å²) in [6.45, 7) is 3.51. The van der Waals surface area contributed by atoms with Gasteiger partial charge in [0.1, 0.15) is 22.0 Å². The van der Waals surface area contributed by atoms with Crippen LogP contribution < -0.4 is 21.0 Å². The van der Waals surface area contributed by atoms with E-state index in [-0.39, 0.29) is 17.6 Å². The van der Waals surface area contributed by atoms with Crippen LogP contribution in [0.25, 0.3) is 0 Å². The van der Waals surface area contributed by atoms with E-state index in [9.17, 15) is 8.42 Å². The molecule has 0 aromatic heterocycles. The van der Waals surface area contributed by atoms with Gasteiger partial charge in [-0.1, -0.05) is 0 Å². The number of likely N-dealkylation sites (tertiary alicyclic amines) is 1. The zero-order valence-corrected chi connectivity index (χ0v) is 19.8. The zero-order chi connectivity index (χ0) is 21.3. The van der Waals surface area contributed by atoms with Crippen molar-refractivity contribution in [3.63, 3.8) is 0 Å². The third-order valence-electron chi connectivity index (χ3n) is 8.20. The van der Waals surface area contributed by atoms with E-state index in [4.69, 9.17) is 4.84 Å². The summed E-state index contributed by atoms with van der Waals surface area (Å²) < 4.78 is 23.7. The zero-order valence-electron chi connectivity index (χ0n) is 19.0. The van der Waals surface area contributed by atoms with E-state index in [1.54, 1.807) is 4.90 Å². The molecule has 4 fully saturated rings. The summed E-state index contributed by atoms with van der Waals surface area (Å²) in [5.74, 6) is 1.25. The first-order valence-electron chi connectivity index (χ1n) is 12.0. The fourth-order valence-corrected chi connectivity index (χ4v) is 7.37. The van der Waals surface area contributed by atoms with E-state index in [1.807, 2.05) is 0 Å². The van der Waals surface area contributed by atoms with E-state index in [0.29, 0.717) is 24.0 Å². The Labute approximate surface area is 182 Å². The molecule has 6 atom stereocenters. The Balaban J connectivity index is 1.25. The minimum Gasteiger partial charge on any atom is -0.331 e. The SMILES string of the molecule is CN(C)C1CCC(C2NOC(C3CCC[NH+]3CC3CCC(S(C)(=O)=O)CC3)N2)C[NH2+]1. The lowest BCUT2D eigenvalue weighted by Crippen LogP contribution is -3.15. The Hall–Kier alpha value is -0.290. The summed E-state index contributed by atoms with van der Waals surface area (Å²) in [5.41, 5.74) is 3.32. The topological polar surface area (TPSA) is 91.7 Å². The number of nitrogens with zero attached hydrogens (tertiary/aromatic N) is 1. The van der Waals surface area contributed by atoms with E-state index in [1.165, 1.54) is 38.5 Å². The molecule has 0 radical (unpaired) electrons. The van der Waals surface area contributed by atoms with Gasteiger partial charge < -0.3 is 10.2 Å². The first-order chi connectivity index (χ1) is 14.3. The normalized spacial score (nSPS) is 43.3. The second kappa shape index (κ2) is 9.68. The maximum Gasteiger partial charge on any atom is 0.183 e. The van der Waals surface area contributed by atoms with Crippen molar-refractivity contribution in [2.24, 2.45) is 11.8 Å². The van der Waals surface area contributed by atoms with Gasteiger partial charge in [-0.25, -0.2) is 8.42 Å². The first-order valence-corrected chi connectivity index (χ1v) is 14.0. The van der Waals surface area contributed by atoms with Crippen LogP contribution in [-0.2, 0) is 14.7 Å². The van der Waals surface area contributed by atoms with Gasteiger partial charge in [-0.05, 0) is 46.2 Å². The minimum absolute atomic E-state index is 0.0893. The van der Waals surface area contributed by atoms with Gasteiger partial charge in [-0.15, -0.1) is 0 Å². The number of sulfone groups is 1.